The monoisotopic (exact) mass is 274 g/mol. The van der Waals surface area contributed by atoms with Crippen molar-refractivity contribution in [3.63, 3.8) is 0 Å². The van der Waals surface area contributed by atoms with E-state index >= 15 is 0 Å². The highest BCUT2D eigenvalue weighted by molar-refractivity contribution is 5.71. The van der Waals surface area contributed by atoms with Gasteiger partial charge in [-0.3, -0.25) is 10.0 Å². The van der Waals surface area contributed by atoms with Crippen LogP contribution < -0.4 is 23.2 Å². The van der Waals surface area contributed by atoms with Crippen LogP contribution in [0.15, 0.2) is 0 Å². The maximum absolute atomic E-state index is 10.7. The lowest BCUT2D eigenvalue weighted by molar-refractivity contribution is 0.197. The second kappa shape index (κ2) is 9.40. The molecule has 4 amide bonds. The van der Waals surface area contributed by atoms with Gasteiger partial charge in [0.15, 0.2) is 0 Å². The summed E-state index contributed by atoms with van der Waals surface area (Å²) >= 11 is 0. The first-order chi connectivity index (χ1) is 8.84. The van der Waals surface area contributed by atoms with E-state index in [2.05, 4.69) is 0 Å². The Balaban J connectivity index is 3.49. The molecule has 8 nitrogen and oxygen atoms in total. The van der Waals surface area contributed by atoms with E-state index in [0.29, 0.717) is 19.0 Å². The Kier molecular flexibility index (Phi) is 8.64. The van der Waals surface area contributed by atoms with Crippen LogP contribution in [-0.4, -0.2) is 35.2 Å². The first-order valence-corrected chi connectivity index (χ1v) is 6.48. The highest BCUT2D eigenvalue weighted by atomic mass is 16.2. The van der Waals surface area contributed by atoms with Crippen molar-refractivity contribution in [1.82, 2.24) is 10.0 Å². The zero-order valence-electron chi connectivity index (χ0n) is 11.5. The van der Waals surface area contributed by atoms with Crippen molar-refractivity contribution in [3.05, 3.63) is 0 Å². The summed E-state index contributed by atoms with van der Waals surface area (Å²) in [5.41, 5.74) is 10.0. The van der Waals surface area contributed by atoms with E-state index in [1.807, 2.05) is 6.92 Å². The van der Waals surface area contributed by atoms with E-state index in [1.165, 1.54) is 0 Å². The molecule has 0 aliphatic carbocycles. The summed E-state index contributed by atoms with van der Waals surface area (Å²) in [5.74, 6) is 11.1. The molecule has 0 spiro atoms. The van der Waals surface area contributed by atoms with E-state index in [1.54, 1.807) is 0 Å². The average molecular weight is 274 g/mol. The summed E-state index contributed by atoms with van der Waals surface area (Å²) in [6, 6.07) is -1.22. The number of amides is 4. The van der Waals surface area contributed by atoms with Gasteiger partial charge in [-0.1, -0.05) is 26.2 Å². The van der Waals surface area contributed by atoms with Gasteiger partial charge in [0.2, 0.25) is 0 Å². The highest BCUT2D eigenvalue weighted by Crippen LogP contribution is 2.11. The molecule has 0 aromatic carbocycles. The Morgan fingerprint density at radius 3 is 2.00 bits per heavy atom. The van der Waals surface area contributed by atoms with Gasteiger partial charge >= 0.3 is 12.1 Å². The molecule has 0 radical (unpaired) electrons. The SMILES string of the molecule is CC(CCCCCCN(N)C(N)=O)CN(N)C(N)=O. The van der Waals surface area contributed by atoms with Crippen LogP contribution in [0.25, 0.3) is 0 Å². The topological polar surface area (TPSA) is 145 Å². The van der Waals surface area contributed by atoms with Crippen molar-refractivity contribution >= 4 is 12.1 Å². The minimum atomic E-state index is -0.610. The van der Waals surface area contributed by atoms with E-state index in [0.717, 1.165) is 42.1 Å². The van der Waals surface area contributed by atoms with E-state index in [9.17, 15) is 9.59 Å². The summed E-state index contributed by atoms with van der Waals surface area (Å²) < 4.78 is 0. The second-order valence-electron chi connectivity index (χ2n) is 4.83. The molecule has 1 unspecified atom stereocenters. The van der Waals surface area contributed by atoms with Crippen molar-refractivity contribution < 1.29 is 9.59 Å². The van der Waals surface area contributed by atoms with E-state index in [4.69, 9.17) is 23.2 Å². The van der Waals surface area contributed by atoms with Crippen LogP contribution in [0.4, 0.5) is 9.59 Å². The van der Waals surface area contributed by atoms with Crippen LogP contribution in [-0.2, 0) is 0 Å². The van der Waals surface area contributed by atoms with Crippen LogP contribution >= 0.6 is 0 Å². The number of carbonyl (C=O) groups is 2. The lowest BCUT2D eigenvalue weighted by Gasteiger charge is -2.18. The molecule has 0 aliphatic heterocycles. The van der Waals surface area contributed by atoms with Crippen molar-refractivity contribution in [2.24, 2.45) is 29.1 Å². The summed E-state index contributed by atoms with van der Waals surface area (Å²) in [7, 11) is 0. The number of primary amides is 2. The third-order valence-corrected chi connectivity index (χ3v) is 2.92. The minimum Gasteiger partial charge on any atom is -0.350 e. The van der Waals surface area contributed by atoms with Gasteiger partial charge in [-0.2, -0.15) is 0 Å². The number of unbranched alkanes of at least 4 members (excludes halogenated alkanes) is 3. The largest absolute Gasteiger partial charge is 0.350 e. The molecule has 0 aliphatic rings. The van der Waals surface area contributed by atoms with E-state index < -0.39 is 12.1 Å². The zero-order valence-corrected chi connectivity index (χ0v) is 11.5. The molecule has 1 atom stereocenters. The Bertz CT molecular complexity index is 286. The Morgan fingerprint density at radius 1 is 0.947 bits per heavy atom. The summed E-state index contributed by atoms with van der Waals surface area (Å²) in [4.78, 5) is 21.4. The summed E-state index contributed by atoms with van der Waals surface area (Å²) in [5, 5.41) is 2.05. The predicted octanol–water partition coefficient (Wildman–Crippen LogP) is 0.0818. The van der Waals surface area contributed by atoms with Gasteiger partial charge in [0.1, 0.15) is 0 Å². The molecule has 19 heavy (non-hydrogen) atoms. The summed E-state index contributed by atoms with van der Waals surface area (Å²) in [6.07, 6.45) is 4.87. The molecular weight excluding hydrogens is 248 g/mol. The quantitative estimate of drug-likeness (QED) is 0.204. The van der Waals surface area contributed by atoms with Crippen LogP contribution in [0, 0.1) is 5.92 Å². The fourth-order valence-electron chi connectivity index (χ4n) is 1.76. The van der Waals surface area contributed by atoms with Crippen molar-refractivity contribution in [2.45, 2.75) is 39.0 Å². The van der Waals surface area contributed by atoms with Gasteiger partial charge in [-0.15, -0.1) is 0 Å². The van der Waals surface area contributed by atoms with Crippen LogP contribution in [0.2, 0.25) is 0 Å². The number of carbonyl (C=O) groups excluding carboxylic acids is 2. The lowest BCUT2D eigenvalue weighted by atomic mass is 10.0. The summed E-state index contributed by atoms with van der Waals surface area (Å²) in [6.45, 7) is 2.97. The fourth-order valence-corrected chi connectivity index (χ4v) is 1.76. The maximum atomic E-state index is 10.7. The molecule has 8 heteroatoms. The van der Waals surface area contributed by atoms with Crippen LogP contribution in [0.5, 0.6) is 0 Å². The van der Waals surface area contributed by atoms with E-state index in [-0.39, 0.29) is 0 Å². The number of nitrogens with zero attached hydrogens (tertiary/aromatic N) is 2. The third kappa shape index (κ3) is 9.09. The molecule has 112 valence electrons. The Hall–Kier alpha value is -1.54. The van der Waals surface area contributed by atoms with Crippen molar-refractivity contribution in [2.75, 3.05) is 13.1 Å². The molecule has 0 aromatic rings. The number of hydrazine groups is 2. The third-order valence-electron chi connectivity index (χ3n) is 2.92. The number of urea groups is 2. The van der Waals surface area contributed by atoms with Gasteiger partial charge in [0.25, 0.3) is 0 Å². The Labute approximate surface area is 114 Å². The molecule has 0 saturated heterocycles. The van der Waals surface area contributed by atoms with Gasteiger partial charge in [-0.05, 0) is 18.8 Å². The van der Waals surface area contributed by atoms with Gasteiger partial charge in [-0.25, -0.2) is 21.3 Å². The molecule has 0 bridgehead atoms. The molecule has 0 saturated carbocycles. The molecular formula is C11H26N6O2. The predicted molar refractivity (Wildman–Crippen MR) is 73.2 cm³/mol. The first-order valence-electron chi connectivity index (χ1n) is 6.48. The number of nitrogens with two attached hydrogens (primary N) is 4. The molecule has 0 aromatic heterocycles. The number of rotatable bonds is 9. The molecule has 0 rings (SSSR count). The number of hydrogen-bond acceptors (Lipinski definition) is 4. The fraction of sp³-hybridized carbons (Fsp3) is 0.818. The molecule has 8 N–H and O–H groups in total. The molecule has 0 fully saturated rings. The van der Waals surface area contributed by atoms with Crippen molar-refractivity contribution in [3.8, 4) is 0 Å². The van der Waals surface area contributed by atoms with Gasteiger partial charge in [0.05, 0.1) is 0 Å². The first kappa shape index (κ1) is 17.5. The minimum absolute atomic E-state index is 0.314. The average Bonchev–Trinajstić information content (AvgIpc) is 2.32. The standard InChI is InChI=1S/C11H26N6O2/c1-9(8-17(15)11(13)19)6-4-2-3-5-7-16(14)10(12)18/h9H,2-8,14-15H2,1H3,(H2,12,18)(H2,13,19). The van der Waals surface area contributed by atoms with Crippen molar-refractivity contribution in [1.29, 1.82) is 0 Å². The zero-order chi connectivity index (χ0) is 14.8. The maximum Gasteiger partial charge on any atom is 0.328 e. The second-order valence-corrected chi connectivity index (χ2v) is 4.83. The smallest absolute Gasteiger partial charge is 0.328 e. The van der Waals surface area contributed by atoms with Crippen LogP contribution in [0.3, 0.4) is 0 Å². The highest BCUT2D eigenvalue weighted by Gasteiger charge is 2.09. The molecule has 0 heterocycles. The lowest BCUT2D eigenvalue weighted by Crippen LogP contribution is -2.43. The normalized spacial score (nSPS) is 11.9. The number of hydrogen-bond donors (Lipinski definition) is 4. The van der Waals surface area contributed by atoms with Crippen LogP contribution in [0.1, 0.15) is 39.0 Å². The Morgan fingerprint density at radius 2 is 1.47 bits per heavy atom. The van der Waals surface area contributed by atoms with Gasteiger partial charge < -0.3 is 11.5 Å². The van der Waals surface area contributed by atoms with Gasteiger partial charge in [0, 0.05) is 13.1 Å².